The number of ether oxygens (including phenoxy) is 2. The van der Waals surface area contributed by atoms with Crippen LogP contribution in [0.1, 0.15) is 0 Å². The van der Waals surface area contributed by atoms with Crippen LogP contribution in [0.15, 0.2) is 5.10 Å². The van der Waals surface area contributed by atoms with E-state index in [1.807, 2.05) is 0 Å². The lowest BCUT2D eigenvalue weighted by molar-refractivity contribution is -0.109. The number of hydrazone groups is 1. The normalized spacial score (nSPS) is 15.3. The summed E-state index contributed by atoms with van der Waals surface area (Å²) < 4.78 is 35.5. The Kier molecular flexibility index (Phi) is 7.50. The maximum atomic E-state index is 12.0. The SMILES string of the molecule is COC(CN(C)C(=O)NC1=NN(S(=O)(=O)N(C)OC)CS1)OC. The summed E-state index contributed by atoms with van der Waals surface area (Å²) in [7, 11) is 3.08. The van der Waals surface area contributed by atoms with E-state index in [-0.39, 0.29) is 17.6 Å². The Morgan fingerprint density at radius 1 is 1.39 bits per heavy atom. The Balaban J connectivity index is 2.65. The Labute approximate surface area is 139 Å². The van der Waals surface area contributed by atoms with E-state index in [1.54, 1.807) is 7.05 Å². The fourth-order valence-electron chi connectivity index (χ4n) is 1.42. The number of hydroxylamine groups is 1. The van der Waals surface area contributed by atoms with Crippen molar-refractivity contribution in [3.8, 4) is 0 Å². The molecule has 0 saturated carbocycles. The molecule has 0 bridgehead atoms. The highest BCUT2D eigenvalue weighted by Crippen LogP contribution is 2.20. The monoisotopic (exact) mass is 371 g/mol. The third-order valence-electron chi connectivity index (χ3n) is 2.87. The van der Waals surface area contributed by atoms with Crippen LogP contribution in [0, 0.1) is 0 Å². The summed E-state index contributed by atoms with van der Waals surface area (Å²) in [5, 5.41) is 6.54. The van der Waals surface area contributed by atoms with Crippen LogP contribution in [0.2, 0.25) is 0 Å². The van der Waals surface area contributed by atoms with E-state index < -0.39 is 22.5 Å². The molecule has 1 aliphatic heterocycles. The first-order valence-corrected chi connectivity index (χ1v) is 8.74. The Bertz CT molecular complexity index is 538. The van der Waals surface area contributed by atoms with Gasteiger partial charge in [0, 0.05) is 28.3 Å². The molecular formula is C10H21N5O6S2. The highest BCUT2D eigenvalue weighted by atomic mass is 32.2. The quantitative estimate of drug-likeness (QED) is 0.463. The number of hydrogen-bond donors (Lipinski definition) is 1. The van der Waals surface area contributed by atoms with Gasteiger partial charge in [-0.15, -0.1) is 5.10 Å². The van der Waals surface area contributed by atoms with Gasteiger partial charge in [0.1, 0.15) is 5.88 Å². The number of urea groups is 1. The fourth-order valence-corrected chi connectivity index (χ4v) is 3.41. The smallest absolute Gasteiger partial charge is 0.341 e. The van der Waals surface area contributed by atoms with Crippen molar-refractivity contribution in [2.24, 2.45) is 5.10 Å². The number of amidine groups is 1. The van der Waals surface area contributed by atoms with Gasteiger partial charge in [-0.3, -0.25) is 10.2 Å². The molecule has 2 amide bonds. The summed E-state index contributed by atoms with van der Waals surface area (Å²) in [4.78, 5) is 18.0. The van der Waals surface area contributed by atoms with E-state index in [0.29, 0.717) is 4.47 Å². The number of rotatable bonds is 7. The molecule has 0 spiro atoms. The molecular weight excluding hydrogens is 350 g/mol. The van der Waals surface area contributed by atoms with Crippen molar-refractivity contribution in [2.75, 3.05) is 47.8 Å². The van der Waals surface area contributed by atoms with Crippen LogP contribution in [0.25, 0.3) is 0 Å². The van der Waals surface area contributed by atoms with Gasteiger partial charge in [0.15, 0.2) is 11.5 Å². The zero-order valence-corrected chi connectivity index (χ0v) is 15.2. The molecule has 1 rings (SSSR count). The molecule has 0 aliphatic carbocycles. The lowest BCUT2D eigenvalue weighted by atomic mass is 10.5. The van der Waals surface area contributed by atoms with Gasteiger partial charge in [-0.2, -0.15) is 12.8 Å². The van der Waals surface area contributed by atoms with Crippen molar-refractivity contribution in [1.29, 1.82) is 0 Å². The summed E-state index contributed by atoms with van der Waals surface area (Å²) in [6, 6.07) is -0.463. The van der Waals surface area contributed by atoms with Crippen LogP contribution >= 0.6 is 11.8 Å². The molecule has 0 radical (unpaired) electrons. The Morgan fingerprint density at radius 2 is 2.00 bits per heavy atom. The maximum Gasteiger partial charge on any atom is 0.341 e. The van der Waals surface area contributed by atoms with Crippen molar-refractivity contribution in [2.45, 2.75) is 6.29 Å². The standard InChI is InChI=1S/C10H21N5O6S2/c1-13(6-8(19-3)20-4)10(16)11-9-12-15(7-22-9)23(17,18)14(2)21-5/h8H,6-7H2,1-5H3,(H,11,12,16). The van der Waals surface area contributed by atoms with Crippen LogP contribution in [0.4, 0.5) is 4.79 Å². The first-order chi connectivity index (χ1) is 10.8. The third kappa shape index (κ3) is 5.19. The molecule has 0 aromatic rings. The molecule has 11 nitrogen and oxygen atoms in total. The minimum absolute atomic E-state index is 0.0358. The van der Waals surface area contributed by atoms with Gasteiger partial charge in [0.2, 0.25) is 0 Å². The van der Waals surface area contributed by atoms with Crippen molar-refractivity contribution in [1.82, 2.24) is 19.1 Å². The van der Waals surface area contributed by atoms with Crippen molar-refractivity contribution in [3.05, 3.63) is 0 Å². The van der Waals surface area contributed by atoms with E-state index in [4.69, 9.17) is 9.47 Å². The van der Waals surface area contributed by atoms with Crippen LogP contribution in [0.3, 0.4) is 0 Å². The average Bonchev–Trinajstić information content (AvgIpc) is 3.00. The fraction of sp³-hybridized carbons (Fsp3) is 0.800. The summed E-state index contributed by atoms with van der Waals surface area (Å²) in [6.07, 6.45) is -0.559. The molecule has 0 saturated heterocycles. The van der Waals surface area contributed by atoms with E-state index in [0.717, 1.165) is 16.2 Å². The van der Waals surface area contributed by atoms with Crippen molar-refractivity contribution < 1.29 is 27.5 Å². The minimum Gasteiger partial charge on any atom is -0.354 e. The molecule has 0 atom stereocenters. The van der Waals surface area contributed by atoms with Gasteiger partial charge in [0.05, 0.1) is 13.7 Å². The van der Waals surface area contributed by atoms with Gasteiger partial charge in [0.25, 0.3) is 0 Å². The summed E-state index contributed by atoms with van der Waals surface area (Å²) >= 11 is 1.07. The largest absolute Gasteiger partial charge is 0.354 e. The zero-order valence-electron chi connectivity index (χ0n) is 13.5. The second-order valence-corrected chi connectivity index (χ2v) is 7.08. The van der Waals surface area contributed by atoms with Gasteiger partial charge >= 0.3 is 16.2 Å². The van der Waals surface area contributed by atoms with Gasteiger partial charge < -0.3 is 14.4 Å². The average molecular weight is 371 g/mol. The summed E-state index contributed by atoms with van der Waals surface area (Å²) in [6.45, 7) is 0.200. The van der Waals surface area contributed by atoms with E-state index in [2.05, 4.69) is 15.3 Å². The predicted octanol–water partition coefficient (Wildman–Crippen LogP) is -0.738. The number of methoxy groups -OCH3 is 2. The molecule has 1 aliphatic rings. The number of likely N-dealkylation sites (N-methyl/N-ethyl adjacent to an activating group) is 1. The molecule has 0 unspecified atom stereocenters. The number of nitrogens with zero attached hydrogens (tertiary/aromatic N) is 4. The molecule has 134 valence electrons. The number of thioether (sulfide) groups is 1. The van der Waals surface area contributed by atoms with Crippen molar-refractivity contribution >= 4 is 33.2 Å². The molecule has 1 N–H and O–H groups in total. The molecule has 1 heterocycles. The summed E-state index contributed by atoms with van der Waals surface area (Å²) in [5.74, 6) is 0.0358. The van der Waals surface area contributed by atoms with Gasteiger partial charge in [-0.1, -0.05) is 16.2 Å². The van der Waals surface area contributed by atoms with Crippen LogP contribution in [0.5, 0.6) is 0 Å². The first-order valence-electron chi connectivity index (χ1n) is 6.36. The number of amides is 2. The summed E-state index contributed by atoms with van der Waals surface area (Å²) in [5.41, 5.74) is 0. The highest BCUT2D eigenvalue weighted by molar-refractivity contribution is 8.14. The van der Waals surface area contributed by atoms with E-state index >= 15 is 0 Å². The second-order valence-electron chi connectivity index (χ2n) is 4.31. The van der Waals surface area contributed by atoms with E-state index in [1.165, 1.54) is 33.3 Å². The lowest BCUT2D eigenvalue weighted by Gasteiger charge is -2.22. The lowest BCUT2D eigenvalue weighted by Crippen LogP contribution is -2.43. The molecule has 23 heavy (non-hydrogen) atoms. The van der Waals surface area contributed by atoms with Gasteiger partial charge in [-0.25, -0.2) is 4.79 Å². The number of nitrogens with one attached hydrogen (secondary N) is 1. The van der Waals surface area contributed by atoms with Crippen LogP contribution in [-0.4, -0.2) is 87.5 Å². The van der Waals surface area contributed by atoms with E-state index in [9.17, 15) is 13.2 Å². The Morgan fingerprint density at radius 3 is 2.52 bits per heavy atom. The van der Waals surface area contributed by atoms with Crippen LogP contribution < -0.4 is 5.32 Å². The maximum absolute atomic E-state index is 12.0. The van der Waals surface area contributed by atoms with Gasteiger partial charge in [-0.05, 0) is 0 Å². The number of carbonyl (C=O) groups excluding carboxylic acids is 1. The molecule has 13 heteroatoms. The molecule has 0 aromatic heterocycles. The highest BCUT2D eigenvalue weighted by Gasteiger charge is 2.31. The number of hydrogen-bond acceptors (Lipinski definition) is 8. The van der Waals surface area contributed by atoms with Crippen LogP contribution in [-0.2, 0) is 24.5 Å². The third-order valence-corrected chi connectivity index (χ3v) is 5.41. The molecule has 0 aromatic carbocycles. The molecule has 0 fully saturated rings. The second kappa shape index (κ2) is 8.65. The zero-order chi connectivity index (χ0) is 17.6. The first kappa shape index (κ1) is 19.9. The topological polar surface area (TPSA) is 113 Å². The Hall–Kier alpha value is -1.12. The van der Waals surface area contributed by atoms with Crippen molar-refractivity contribution in [3.63, 3.8) is 0 Å². The minimum atomic E-state index is -3.87. The predicted molar refractivity (Wildman–Crippen MR) is 84.4 cm³/mol. The number of carbonyl (C=O) groups is 1.